The maximum absolute atomic E-state index is 12.0. The van der Waals surface area contributed by atoms with Crippen molar-refractivity contribution in [3.05, 3.63) is 0 Å². The molecule has 1 atom stereocenters. The third kappa shape index (κ3) is 2.61. The topological polar surface area (TPSA) is 95.6 Å². The van der Waals surface area contributed by atoms with Gasteiger partial charge < -0.3 is 10.2 Å². The quantitative estimate of drug-likeness (QED) is 0.517. The van der Waals surface area contributed by atoms with Gasteiger partial charge in [-0.25, -0.2) is 0 Å². The van der Waals surface area contributed by atoms with Crippen LogP contribution in [-0.4, -0.2) is 48.2 Å². The van der Waals surface area contributed by atoms with E-state index in [4.69, 9.17) is 0 Å². The van der Waals surface area contributed by atoms with E-state index in [9.17, 15) is 19.2 Å². The number of imide groups is 1. The van der Waals surface area contributed by atoms with Gasteiger partial charge in [0.05, 0.1) is 5.92 Å². The van der Waals surface area contributed by atoms with E-state index in [1.165, 1.54) is 4.90 Å². The summed E-state index contributed by atoms with van der Waals surface area (Å²) in [4.78, 5) is 46.4. The molecule has 0 bridgehead atoms. The molecule has 2 rings (SSSR count). The van der Waals surface area contributed by atoms with Crippen LogP contribution < -0.4 is 10.6 Å². The first kappa shape index (κ1) is 11.6. The van der Waals surface area contributed by atoms with Gasteiger partial charge in [0.25, 0.3) is 0 Å². The van der Waals surface area contributed by atoms with Crippen LogP contribution in [0.15, 0.2) is 0 Å². The Bertz CT molecular complexity index is 367. The van der Waals surface area contributed by atoms with Crippen molar-refractivity contribution in [2.45, 2.75) is 12.8 Å². The Hall–Kier alpha value is -1.92. The molecular weight excluding hydrogens is 226 g/mol. The molecule has 2 fully saturated rings. The average molecular weight is 239 g/mol. The molecule has 92 valence electrons. The molecule has 0 aromatic carbocycles. The third-order valence-electron chi connectivity index (χ3n) is 2.87. The largest absolute Gasteiger partial charge is 0.355 e. The maximum atomic E-state index is 12.0. The summed E-state index contributed by atoms with van der Waals surface area (Å²) in [6.07, 6.45) is 0.779. The standard InChI is InChI=1S/C10H13N3O4/c14-7-2-1-6(3-11-7)10(17)13-4-8(15)12-9(16)5-13/h6H,1-5H2,(H,11,14)(H,12,15,16). The number of nitrogens with one attached hydrogen (secondary N) is 2. The Kier molecular flexibility index (Phi) is 3.08. The molecule has 2 aliphatic rings. The van der Waals surface area contributed by atoms with Gasteiger partial charge in [-0.05, 0) is 6.42 Å². The lowest BCUT2D eigenvalue weighted by molar-refractivity contribution is -0.148. The van der Waals surface area contributed by atoms with E-state index in [-0.39, 0.29) is 37.4 Å². The first-order valence-corrected chi connectivity index (χ1v) is 5.44. The minimum absolute atomic E-state index is 0.0680. The van der Waals surface area contributed by atoms with Crippen molar-refractivity contribution in [3.8, 4) is 0 Å². The van der Waals surface area contributed by atoms with Crippen molar-refractivity contribution in [2.24, 2.45) is 5.92 Å². The van der Waals surface area contributed by atoms with Crippen LogP contribution in [0, 0.1) is 5.92 Å². The van der Waals surface area contributed by atoms with Crippen LogP contribution in [0.2, 0.25) is 0 Å². The van der Waals surface area contributed by atoms with E-state index in [2.05, 4.69) is 10.6 Å². The molecule has 2 heterocycles. The minimum Gasteiger partial charge on any atom is -0.355 e. The highest BCUT2D eigenvalue weighted by Gasteiger charge is 2.32. The van der Waals surface area contributed by atoms with E-state index in [0.717, 1.165) is 0 Å². The Labute approximate surface area is 97.5 Å². The van der Waals surface area contributed by atoms with E-state index in [1.54, 1.807) is 0 Å². The molecule has 0 spiro atoms. The van der Waals surface area contributed by atoms with Gasteiger partial charge >= 0.3 is 0 Å². The van der Waals surface area contributed by atoms with E-state index < -0.39 is 11.8 Å². The molecule has 2 aliphatic heterocycles. The molecule has 7 nitrogen and oxygen atoms in total. The van der Waals surface area contributed by atoms with Gasteiger partial charge in [-0.1, -0.05) is 0 Å². The first-order chi connectivity index (χ1) is 8.06. The first-order valence-electron chi connectivity index (χ1n) is 5.44. The summed E-state index contributed by atoms with van der Waals surface area (Å²) in [7, 11) is 0. The van der Waals surface area contributed by atoms with Gasteiger partial charge in [0.1, 0.15) is 13.1 Å². The zero-order chi connectivity index (χ0) is 12.4. The van der Waals surface area contributed by atoms with Crippen LogP contribution in [0.25, 0.3) is 0 Å². The van der Waals surface area contributed by atoms with Gasteiger partial charge in [-0.3, -0.25) is 24.5 Å². The lowest BCUT2D eigenvalue weighted by atomic mass is 9.97. The summed E-state index contributed by atoms with van der Waals surface area (Å²) in [6.45, 7) is 0.105. The van der Waals surface area contributed by atoms with Crippen LogP contribution in [0.5, 0.6) is 0 Å². The second kappa shape index (κ2) is 4.52. The van der Waals surface area contributed by atoms with Crippen molar-refractivity contribution in [2.75, 3.05) is 19.6 Å². The minimum atomic E-state index is -0.463. The molecule has 2 saturated heterocycles. The Morgan fingerprint density at radius 1 is 1.12 bits per heavy atom. The summed E-state index contributed by atoms with van der Waals surface area (Å²) in [6, 6.07) is 0. The van der Waals surface area contributed by atoms with Crippen LogP contribution in [0.4, 0.5) is 0 Å². The van der Waals surface area contributed by atoms with Crippen molar-refractivity contribution in [3.63, 3.8) is 0 Å². The lowest BCUT2D eigenvalue weighted by Gasteiger charge is -2.30. The number of hydrogen-bond acceptors (Lipinski definition) is 4. The Morgan fingerprint density at radius 2 is 1.76 bits per heavy atom. The highest BCUT2D eigenvalue weighted by molar-refractivity contribution is 6.02. The molecule has 0 saturated carbocycles. The zero-order valence-electron chi connectivity index (χ0n) is 9.19. The molecule has 2 N–H and O–H groups in total. The van der Waals surface area contributed by atoms with Crippen LogP contribution in [0.3, 0.4) is 0 Å². The molecule has 1 unspecified atom stereocenters. The van der Waals surface area contributed by atoms with Crippen molar-refractivity contribution in [1.29, 1.82) is 0 Å². The highest BCUT2D eigenvalue weighted by atomic mass is 16.2. The van der Waals surface area contributed by atoms with E-state index in [0.29, 0.717) is 12.8 Å². The van der Waals surface area contributed by atoms with Gasteiger partial charge in [-0.2, -0.15) is 0 Å². The average Bonchev–Trinajstić information content (AvgIpc) is 2.28. The van der Waals surface area contributed by atoms with Crippen LogP contribution in [0.1, 0.15) is 12.8 Å². The molecule has 7 heteroatoms. The fraction of sp³-hybridized carbons (Fsp3) is 0.600. The van der Waals surface area contributed by atoms with Gasteiger partial charge in [0.15, 0.2) is 0 Å². The number of piperidine rings is 1. The predicted molar refractivity (Wildman–Crippen MR) is 55.5 cm³/mol. The molecule has 17 heavy (non-hydrogen) atoms. The van der Waals surface area contributed by atoms with Crippen LogP contribution in [-0.2, 0) is 19.2 Å². The molecule has 4 amide bonds. The molecule has 0 aromatic rings. The van der Waals surface area contributed by atoms with E-state index in [1.807, 2.05) is 0 Å². The van der Waals surface area contributed by atoms with Crippen molar-refractivity contribution < 1.29 is 19.2 Å². The number of carbonyl (C=O) groups is 4. The van der Waals surface area contributed by atoms with Gasteiger partial charge in [0, 0.05) is 13.0 Å². The van der Waals surface area contributed by atoms with Gasteiger partial charge in [-0.15, -0.1) is 0 Å². The summed E-state index contributed by atoms with van der Waals surface area (Å²) < 4.78 is 0. The fourth-order valence-corrected chi connectivity index (χ4v) is 1.99. The number of hydrogen-bond donors (Lipinski definition) is 2. The summed E-state index contributed by atoms with van der Waals surface area (Å²) in [5.41, 5.74) is 0. The molecule has 0 aliphatic carbocycles. The number of piperazine rings is 1. The number of carbonyl (C=O) groups excluding carboxylic acids is 4. The maximum Gasteiger partial charge on any atom is 0.246 e. The van der Waals surface area contributed by atoms with E-state index >= 15 is 0 Å². The molecule has 0 radical (unpaired) electrons. The Balaban J connectivity index is 1.97. The number of amides is 4. The third-order valence-corrected chi connectivity index (χ3v) is 2.87. The second-order valence-corrected chi connectivity index (χ2v) is 4.21. The second-order valence-electron chi connectivity index (χ2n) is 4.21. The Morgan fingerprint density at radius 3 is 2.29 bits per heavy atom. The summed E-state index contributed by atoms with van der Waals surface area (Å²) in [5, 5.41) is 4.74. The molecular formula is C10H13N3O4. The number of rotatable bonds is 1. The molecule has 0 aromatic heterocycles. The summed E-state index contributed by atoms with van der Waals surface area (Å²) >= 11 is 0. The zero-order valence-corrected chi connectivity index (χ0v) is 9.19. The highest BCUT2D eigenvalue weighted by Crippen LogP contribution is 2.14. The SMILES string of the molecule is O=C1CCC(C(=O)N2CC(=O)NC(=O)C2)CN1. The van der Waals surface area contributed by atoms with Crippen molar-refractivity contribution >= 4 is 23.6 Å². The number of nitrogens with zero attached hydrogens (tertiary/aromatic N) is 1. The smallest absolute Gasteiger partial charge is 0.246 e. The van der Waals surface area contributed by atoms with Crippen molar-refractivity contribution in [1.82, 2.24) is 15.5 Å². The normalized spacial score (nSPS) is 25.3. The predicted octanol–water partition coefficient (Wildman–Crippen LogP) is -2.00. The van der Waals surface area contributed by atoms with Crippen LogP contribution >= 0.6 is 0 Å². The fourth-order valence-electron chi connectivity index (χ4n) is 1.99. The lowest BCUT2D eigenvalue weighted by Crippen LogP contribution is -2.56. The van der Waals surface area contributed by atoms with Gasteiger partial charge in [0.2, 0.25) is 23.6 Å². The summed E-state index contributed by atoms with van der Waals surface area (Å²) in [5.74, 6) is -1.56. The monoisotopic (exact) mass is 239 g/mol.